The number of carbonyl (C=O) groups excluding carboxylic acids is 2. The molecule has 4 rings (SSSR count). The lowest BCUT2D eigenvalue weighted by molar-refractivity contribution is -0.312. The Kier molecular flexibility index (Phi) is 9.02. The zero-order valence-corrected chi connectivity index (χ0v) is 23.2. The maximum Gasteiger partial charge on any atom is 0.573 e. The quantitative estimate of drug-likeness (QED) is 0.376. The molecule has 1 N–H and O–H groups in total. The summed E-state index contributed by atoms with van der Waals surface area (Å²) in [5.74, 6) is -5.13. The van der Waals surface area contributed by atoms with Crippen LogP contribution in [0.1, 0.15) is 34.3 Å². The molecule has 0 aliphatic carbocycles. The molecule has 0 unspecified atom stereocenters. The van der Waals surface area contributed by atoms with E-state index in [1.807, 2.05) is 0 Å². The molecule has 3 aromatic rings. The molecule has 1 aliphatic rings. The molecule has 1 amide bonds. The number of nitrogens with zero attached hydrogens (tertiary/aromatic N) is 2. The number of halogens is 7. The summed E-state index contributed by atoms with van der Waals surface area (Å²) < 4.78 is 104. The lowest BCUT2D eigenvalue weighted by Gasteiger charge is -2.35. The highest BCUT2D eigenvalue weighted by Crippen LogP contribution is 2.40. The van der Waals surface area contributed by atoms with Gasteiger partial charge in [0.2, 0.25) is 5.43 Å². The minimum Gasteiger partial charge on any atom is -0.550 e. The Balaban J connectivity index is 1.73. The van der Waals surface area contributed by atoms with Gasteiger partial charge in [0.25, 0.3) is 5.91 Å². The van der Waals surface area contributed by atoms with Crippen molar-refractivity contribution in [1.82, 2.24) is 9.88 Å². The molecular weight excluding hydrogens is 607 g/mol. The molecule has 1 aliphatic heterocycles. The fourth-order valence-corrected chi connectivity index (χ4v) is 5.13. The van der Waals surface area contributed by atoms with Crippen LogP contribution in [0.4, 0.5) is 36.4 Å². The molecule has 0 radical (unpaired) electrons. The molecule has 1 fully saturated rings. The van der Waals surface area contributed by atoms with E-state index < -0.39 is 76.1 Å². The zero-order valence-electron chi connectivity index (χ0n) is 23.2. The van der Waals surface area contributed by atoms with Crippen LogP contribution in [0.3, 0.4) is 0 Å². The molecule has 0 atom stereocenters. The normalized spacial score (nSPS) is 14.5. The minimum absolute atomic E-state index is 0.0180. The number of hydrogen-bond donors (Lipinski definition) is 1. The maximum absolute atomic E-state index is 15.5. The number of fused-ring (bicyclic) bond motifs is 1. The van der Waals surface area contributed by atoms with E-state index in [-0.39, 0.29) is 43.7 Å². The van der Waals surface area contributed by atoms with Gasteiger partial charge in [-0.2, -0.15) is 13.2 Å². The highest BCUT2D eigenvalue weighted by atomic mass is 19.4. The summed E-state index contributed by atoms with van der Waals surface area (Å²) in [5, 5.41) is 13.0. The number of aryl methyl sites for hydroxylation is 1. The van der Waals surface area contributed by atoms with Gasteiger partial charge in [-0.1, -0.05) is 6.07 Å². The van der Waals surface area contributed by atoms with E-state index in [4.69, 9.17) is 4.74 Å². The number of piperidine rings is 1. The van der Waals surface area contributed by atoms with E-state index in [1.165, 1.54) is 17.9 Å². The van der Waals surface area contributed by atoms with Gasteiger partial charge in [0, 0.05) is 37.7 Å². The van der Waals surface area contributed by atoms with Gasteiger partial charge < -0.3 is 34.2 Å². The minimum atomic E-state index is -4.92. The molecule has 1 saturated heterocycles. The smallest absolute Gasteiger partial charge is 0.550 e. The van der Waals surface area contributed by atoms with E-state index in [1.54, 1.807) is 0 Å². The Morgan fingerprint density at radius 1 is 1.09 bits per heavy atom. The lowest BCUT2D eigenvalue weighted by Crippen LogP contribution is -2.41. The number of nitrogens with one attached hydrogen (secondary N) is 1. The Labute approximate surface area is 244 Å². The van der Waals surface area contributed by atoms with E-state index in [2.05, 4.69) is 10.1 Å². The molecule has 0 saturated carbocycles. The Hall–Kier alpha value is -4.50. The van der Waals surface area contributed by atoms with Crippen LogP contribution in [0.2, 0.25) is 0 Å². The molecule has 2 heterocycles. The van der Waals surface area contributed by atoms with Crippen molar-refractivity contribution in [3.05, 3.63) is 63.2 Å². The summed E-state index contributed by atoms with van der Waals surface area (Å²) in [7, 11) is 1.07. The largest absolute Gasteiger partial charge is 0.573 e. The van der Waals surface area contributed by atoms with Gasteiger partial charge in [0.05, 0.1) is 18.0 Å². The number of aliphatic carboxylic acids is 1. The topological polar surface area (TPSA) is 113 Å². The first-order valence-corrected chi connectivity index (χ1v) is 13.1. The van der Waals surface area contributed by atoms with Crippen LogP contribution in [-0.2, 0) is 17.9 Å². The van der Waals surface area contributed by atoms with Crippen LogP contribution < -0.4 is 30.2 Å². The van der Waals surface area contributed by atoms with Crippen LogP contribution in [-0.4, -0.2) is 49.2 Å². The average Bonchev–Trinajstić information content (AvgIpc) is 2.91. The molecule has 44 heavy (non-hydrogen) atoms. The highest BCUT2D eigenvalue weighted by Gasteiger charge is 2.33. The molecule has 2 aromatic carbocycles. The van der Waals surface area contributed by atoms with Crippen molar-refractivity contribution < 1.29 is 54.9 Å². The Morgan fingerprint density at radius 3 is 2.30 bits per heavy atom. The molecular formula is C28H25F7N3O6-. The van der Waals surface area contributed by atoms with Crippen molar-refractivity contribution in [3.8, 4) is 11.5 Å². The number of carboxylic acids is 1. The van der Waals surface area contributed by atoms with Gasteiger partial charge in [-0.05, 0) is 49.1 Å². The molecule has 0 bridgehead atoms. The summed E-state index contributed by atoms with van der Waals surface area (Å²) in [6, 6.07) is 4.00. The SMILES string of the molecule is COc1c(N2CCC(C(=O)[O-])CC2)c(F)cc2c(=O)c(C(=O)NCc3ccc(OC(F)(F)F)cc3C)cn(CC(F)(F)F)c12. The third kappa shape index (κ3) is 7.17. The van der Waals surface area contributed by atoms with Crippen molar-refractivity contribution in [2.75, 3.05) is 25.1 Å². The first kappa shape index (κ1) is 32.4. The second-order valence-corrected chi connectivity index (χ2v) is 10.2. The van der Waals surface area contributed by atoms with Crippen LogP contribution in [0, 0.1) is 18.7 Å². The predicted octanol–water partition coefficient (Wildman–Crippen LogP) is 3.81. The number of hydrogen-bond acceptors (Lipinski definition) is 7. The van der Waals surface area contributed by atoms with Crippen molar-refractivity contribution in [2.45, 2.75) is 45.4 Å². The van der Waals surface area contributed by atoms with Crippen molar-refractivity contribution in [1.29, 1.82) is 0 Å². The van der Waals surface area contributed by atoms with E-state index in [0.29, 0.717) is 22.4 Å². The maximum atomic E-state index is 15.5. The third-order valence-corrected chi connectivity index (χ3v) is 7.17. The third-order valence-electron chi connectivity index (χ3n) is 7.17. The molecule has 0 spiro atoms. The standard InChI is InChI=1S/C28H26F7N3O6/c1-14-9-17(44-28(33,34)35)4-3-16(14)11-36-25(40)19-12-38(13-27(30,31)32)21-18(23(19)39)10-20(29)22(24(21)43-2)37-7-5-15(6-8-37)26(41)42/h3-4,9-10,12,15H,5-8,11,13H2,1-2H3,(H,36,40)(H,41,42)/p-1. The lowest BCUT2D eigenvalue weighted by atomic mass is 9.96. The number of alkyl halides is 6. The predicted molar refractivity (Wildman–Crippen MR) is 140 cm³/mol. The van der Waals surface area contributed by atoms with Gasteiger partial charge in [-0.3, -0.25) is 9.59 Å². The molecule has 238 valence electrons. The summed E-state index contributed by atoms with van der Waals surface area (Å²) in [4.78, 5) is 39.0. The van der Waals surface area contributed by atoms with E-state index in [0.717, 1.165) is 19.2 Å². The monoisotopic (exact) mass is 632 g/mol. The van der Waals surface area contributed by atoms with Crippen LogP contribution in [0.15, 0.2) is 35.3 Å². The van der Waals surface area contributed by atoms with Crippen LogP contribution in [0.25, 0.3) is 10.9 Å². The number of carbonyl (C=O) groups is 2. The fourth-order valence-electron chi connectivity index (χ4n) is 5.13. The van der Waals surface area contributed by atoms with Gasteiger partial charge in [-0.25, -0.2) is 4.39 Å². The first-order valence-electron chi connectivity index (χ1n) is 13.1. The Morgan fingerprint density at radius 2 is 1.75 bits per heavy atom. The number of anilines is 1. The van der Waals surface area contributed by atoms with Gasteiger partial charge in [0.1, 0.15) is 23.5 Å². The van der Waals surface area contributed by atoms with E-state index >= 15 is 4.39 Å². The van der Waals surface area contributed by atoms with Gasteiger partial charge in [-0.15, -0.1) is 13.2 Å². The number of benzene rings is 2. The first-order chi connectivity index (χ1) is 20.5. The van der Waals surface area contributed by atoms with Crippen molar-refractivity contribution in [2.24, 2.45) is 5.92 Å². The second kappa shape index (κ2) is 12.2. The van der Waals surface area contributed by atoms with Crippen LogP contribution in [0.5, 0.6) is 11.5 Å². The Bertz CT molecular complexity index is 1640. The van der Waals surface area contributed by atoms with Gasteiger partial charge >= 0.3 is 12.5 Å². The molecule has 9 nitrogen and oxygen atoms in total. The van der Waals surface area contributed by atoms with Crippen molar-refractivity contribution >= 4 is 28.5 Å². The second-order valence-electron chi connectivity index (χ2n) is 10.2. The number of aromatic nitrogens is 1. The zero-order chi connectivity index (χ0) is 32.6. The van der Waals surface area contributed by atoms with E-state index in [9.17, 15) is 45.8 Å². The summed E-state index contributed by atoms with van der Waals surface area (Å²) in [6.07, 6.45) is -8.94. The number of ether oxygens (including phenoxy) is 2. The molecule has 1 aromatic heterocycles. The number of pyridine rings is 1. The highest BCUT2D eigenvalue weighted by molar-refractivity contribution is 5.99. The summed E-state index contributed by atoms with van der Waals surface area (Å²) >= 11 is 0. The number of methoxy groups -OCH3 is 1. The number of rotatable bonds is 8. The summed E-state index contributed by atoms with van der Waals surface area (Å²) in [6.45, 7) is -0.525. The van der Waals surface area contributed by atoms with Crippen molar-refractivity contribution in [3.63, 3.8) is 0 Å². The summed E-state index contributed by atoms with van der Waals surface area (Å²) in [5.41, 5.74) is -1.94. The fraction of sp³-hybridized carbons (Fsp3) is 0.393. The number of amides is 1. The molecule has 16 heteroatoms. The van der Waals surface area contributed by atoms with Gasteiger partial charge in [0.15, 0.2) is 11.6 Å². The van der Waals surface area contributed by atoms with Crippen LogP contribution >= 0.6 is 0 Å². The number of carboxylic acid groups (broad SMARTS) is 1. The average molecular weight is 633 g/mol.